The van der Waals surface area contributed by atoms with Crippen molar-refractivity contribution in [3.05, 3.63) is 12.2 Å². The van der Waals surface area contributed by atoms with Crippen molar-refractivity contribution in [2.45, 2.75) is 129 Å². The molecule has 5 heteroatoms. The lowest BCUT2D eigenvalue weighted by Crippen LogP contribution is -2.44. The molecule has 0 aliphatic carbocycles. The van der Waals surface area contributed by atoms with Gasteiger partial charge in [0.2, 0.25) is 0 Å². The SMILES string of the molecule is C=C(C)COC(=O)CCCCCCCCCCC(CCCCCCCC)C(OC)(OC)OC. The van der Waals surface area contributed by atoms with Gasteiger partial charge in [0.05, 0.1) is 0 Å². The number of ether oxygens (including phenoxy) is 4. The largest absolute Gasteiger partial charge is 0.461 e. The smallest absolute Gasteiger partial charge is 0.306 e. The van der Waals surface area contributed by atoms with Gasteiger partial charge in [-0.15, -0.1) is 0 Å². The fourth-order valence-corrected chi connectivity index (χ4v) is 4.42. The molecule has 0 bridgehead atoms. The summed E-state index contributed by atoms with van der Waals surface area (Å²) in [5.74, 6) is -0.768. The lowest BCUT2D eigenvalue weighted by atomic mass is 9.91. The first kappa shape index (κ1) is 32.1. The molecule has 0 saturated carbocycles. The number of carbonyl (C=O) groups excluding carboxylic acids is 1. The third kappa shape index (κ3) is 16.4. The Balaban J connectivity index is 4.01. The summed E-state index contributed by atoms with van der Waals surface area (Å²) >= 11 is 0. The number of hydrogen-bond donors (Lipinski definition) is 0. The minimum atomic E-state index is -0.922. The highest BCUT2D eigenvalue weighted by Crippen LogP contribution is 2.33. The van der Waals surface area contributed by atoms with Gasteiger partial charge in [0.15, 0.2) is 0 Å². The Morgan fingerprint density at radius 3 is 1.58 bits per heavy atom. The van der Waals surface area contributed by atoms with Gasteiger partial charge in [0.25, 0.3) is 5.97 Å². The van der Waals surface area contributed by atoms with Crippen LogP contribution in [0.1, 0.15) is 123 Å². The Morgan fingerprint density at radius 1 is 0.727 bits per heavy atom. The van der Waals surface area contributed by atoms with Crippen LogP contribution in [0.2, 0.25) is 0 Å². The average molecular weight is 471 g/mol. The maximum Gasteiger partial charge on any atom is 0.306 e. The molecule has 1 unspecified atom stereocenters. The molecule has 0 heterocycles. The van der Waals surface area contributed by atoms with Crippen LogP contribution < -0.4 is 0 Å². The van der Waals surface area contributed by atoms with Crippen LogP contribution in [-0.2, 0) is 23.7 Å². The molecule has 0 saturated heterocycles. The van der Waals surface area contributed by atoms with E-state index in [-0.39, 0.29) is 11.9 Å². The lowest BCUT2D eigenvalue weighted by Gasteiger charge is -2.36. The zero-order valence-corrected chi connectivity index (χ0v) is 22.6. The molecular weight excluding hydrogens is 416 g/mol. The van der Waals surface area contributed by atoms with Crippen LogP contribution in [0, 0.1) is 5.92 Å². The molecule has 1 atom stereocenters. The molecule has 0 radical (unpaired) electrons. The van der Waals surface area contributed by atoms with Crippen LogP contribution in [0.3, 0.4) is 0 Å². The number of esters is 1. The molecule has 0 amide bonds. The van der Waals surface area contributed by atoms with Gasteiger partial charge < -0.3 is 18.9 Å². The molecule has 5 nitrogen and oxygen atoms in total. The van der Waals surface area contributed by atoms with E-state index in [2.05, 4.69) is 13.5 Å². The zero-order valence-electron chi connectivity index (χ0n) is 22.6. The van der Waals surface area contributed by atoms with Crippen molar-refractivity contribution in [2.75, 3.05) is 27.9 Å². The van der Waals surface area contributed by atoms with Crippen LogP contribution in [0.25, 0.3) is 0 Å². The van der Waals surface area contributed by atoms with Gasteiger partial charge in [-0.3, -0.25) is 4.79 Å². The summed E-state index contributed by atoms with van der Waals surface area (Å²) in [6, 6.07) is 0. The predicted octanol–water partition coefficient (Wildman–Crippen LogP) is 7.97. The van der Waals surface area contributed by atoms with Crippen LogP contribution >= 0.6 is 0 Å². The van der Waals surface area contributed by atoms with Gasteiger partial charge in [0, 0.05) is 33.7 Å². The van der Waals surface area contributed by atoms with E-state index in [4.69, 9.17) is 18.9 Å². The Morgan fingerprint density at radius 2 is 1.15 bits per heavy atom. The summed E-state index contributed by atoms with van der Waals surface area (Å²) in [4.78, 5) is 11.6. The van der Waals surface area contributed by atoms with Gasteiger partial charge in [-0.25, -0.2) is 0 Å². The Hall–Kier alpha value is -0.910. The number of unbranched alkanes of at least 4 members (excludes halogenated alkanes) is 12. The summed E-state index contributed by atoms with van der Waals surface area (Å²) < 4.78 is 22.2. The topological polar surface area (TPSA) is 54.0 Å². The van der Waals surface area contributed by atoms with E-state index in [9.17, 15) is 4.79 Å². The van der Waals surface area contributed by atoms with Crippen molar-refractivity contribution in [3.8, 4) is 0 Å². The number of carbonyl (C=O) groups is 1. The second-order valence-corrected chi connectivity index (χ2v) is 9.45. The Kier molecular flexibility index (Phi) is 21.0. The second kappa shape index (κ2) is 21.6. The summed E-state index contributed by atoms with van der Waals surface area (Å²) in [6.07, 6.45) is 19.8. The summed E-state index contributed by atoms with van der Waals surface area (Å²) in [6.45, 7) is 8.21. The molecule has 0 aromatic carbocycles. The van der Waals surface area contributed by atoms with E-state index in [1.165, 1.54) is 77.0 Å². The van der Waals surface area contributed by atoms with Gasteiger partial charge in [-0.2, -0.15) is 0 Å². The molecule has 0 N–H and O–H groups in total. The van der Waals surface area contributed by atoms with Crippen LogP contribution in [0.15, 0.2) is 12.2 Å². The molecule has 0 aliphatic rings. The summed E-state index contributed by atoms with van der Waals surface area (Å²) in [5, 5.41) is 0. The van der Waals surface area contributed by atoms with Crippen molar-refractivity contribution in [1.82, 2.24) is 0 Å². The quantitative estimate of drug-likeness (QED) is 0.0619. The standard InChI is InChI=1S/C28H54O5/c1-7-8-9-10-15-18-21-26(28(30-4,31-5)32-6)22-19-16-13-11-12-14-17-20-23-27(29)33-24-25(2)3/h26H,2,7-24H2,1,3-6H3. The maximum absolute atomic E-state index is 11.6. The number of rotatable bonds is 24. The van der Waals surface area contributed by atoms with Gasteiger partial charge >= 0.3 is 5.97 Å². The molecule has 0 aromatic rings. The third-order valence-corrected chi connectivity index (χ3v) is 6.42. The average Bonchev–Trinajstić information content (AvgIpc) is 2.81. The van der Waals surface area contributed by atoms with Crippen molar-refractivity contribution in [3.63, 3.8) is 0 Å². The maximum atomic E-state index is 11.6. The van der Waals surface area contributed by atoms with Gasteiger partial charge in [-0.1, -0.05) is 97.0 Å². The lowest BCUT2D eigenvalue weighted by molar-refractivity contribution is -0.380. The van der Waals surface area contributed by atoms with E-state index in [1.807, 2.05) is 6.92 Å². The van der Waals surface area contributed by atoms with Crippen LogP contribution in [0.5, 0.6) is 0 Å². The van der Waals surface area contributed by atoms with Crippen LogP contribution in [-0.4, -0.2) is 39.9 Å². The van der Waals surface area contributed by atoms with E-state index < -0.39 is 5.97 Å². The second-order valence-electron chi connectivity index (χ2n) is 9.45. The molecule has 33 heavy (non-hydrogen) atoms. The predicted molar refractivity (Wildman–Crippen MR) is 137 cm³/mol. The van der Waals surface area contributed by atoms with Crippen molar-refractivity contribution in [1.29, 1.82) is 0 Å². The number of methoxy groups -OCH3 is 3. The fraction of sp³-hybridized carbons (Fsp3) is 0.893. The van der Waals surface area contributed by atoms with Gasteiger partial charge in [-0.05, 0) is 31.8 Å². The molecule has 0 fully saturated rings. The van der Waals surface area contributed by atoms with E-state index >= 15 is 0 Å². The normalized spacial score (nSPS) is 12.6. The molecule has 196 valence electrons. The van der Waals surface area contributed by atoms with E-state index in [0.717, 1.165) is 31.3 Å². The highest BCUT2D eigenvalue weighted by Gasteiger charge is 2.39. The molecular formula is C28H54O5. The van der Waals surface area contributed by atoms with E-state index in [1.54, 1.807) is 21.3 Å². The van der Waals surface area contributed by atoms with Crippen molar-refractivity contribution in [2.24, 2.45) is 5.92 Å². The molecule has 0 spiro atoms. The Labute approximate surface area is 205 Å². The minimum Gasteiger partial charge on any atom is -0.461 e. The summed E-state index contributed by atoms with van der Waals surface area (Å²) in [5.41, 5.74) is 0.884. The first-order valence-corrected chi connectivity index (χ1v) is 13.4. The van der Waals surface area contributed by atoms with Crippen molar-refractivity contribution < 1.29 is 23.7 Å². The Bertz CT molecular complexity index is 465. The highest BCUT2D eigenvalue weighted by molar-refractivity contribution is 5.69. The third-order valence-electron chi connectivity index (χ3n) is 6.42. The molecule has 0 rings (SSSR count). The highest BCUT2D eigenvalue weighted by atomic mass is 16.9. The van der Waals surface area contributed by atoms with Crippen LogP contribution in [0.4, 0.5) is 0 Å². The first-order chi connectivity index (χ1) is 16.0. The van der Waals surface area contributed by atoms with Crippen molar-refractivity contribution >= 4 is 5.97 Å². The molecule has 0 aromatic heterocycles. The molecule has 0 aliphatic heterocycles. The minimum absolute atomic E-state index is 0.104. The van der Waals surface area contributed by atoms with Gasteiger partial charge in [0.1, 0.15) is 6.61 Å². The van der Waals surface area contributed by atoms with E-state index in [0.29, 0.717) is 13.0 Å². The fourth-order valence-electron chi connectivity index (χ4n) is 4.42. The summed E-state index contributed by atoms with van der Waals surface area (Å²) in [7, 11) is 5.05. The monoisotopic (exact) mass is 470 g/mol. The zero-order chi connectivity index (χ0) is 24.8. The number of hydrogen-bond acceptors (Lipinski definition) is 5. The first-order valence-electron chi connectivity index (χ1n) is 13.4.